The monoisotopic (exact) mass is 473 g/mol. The highest BCUT2D eigenvalue weighted by Crippen LogP contribution is 2.40. The molecule has 2 nitrogen and oxygen atoms in total. The van der Waals surface area contributed by atoms with E-state index in [1.807, 2.05) is 12.1 Å². The van der Waals surface area contributed by atoms with E-state index in [0.29, 0.717) is 0 Å². The Balaban J connectivity index is 1.90. The van der Waals surface area contributed by atoms with Crippen LogP contribution in [0.4, 0.5) is 0 Å². The molecular formula is C31H36ClNO. The number of halogens is 1. The molecule has 34 heavy (non-hydrogen) atoms. The van der Waals surface area contributed by atoms with Gasteiger partial charge in [0.25, 0.3) is 0 Å². The number of benzene rings is 3. The lowest BCUT2D eigenvalue weighted by Gasteiger charge is -2.29. The smallest absolute Gasteiger partial charge is 0.0812 e. The van der Waals surface area contributed by atoms with Gasteiger partial charge in [-0.1, -0.05) is 67.0 Å². The fourth-order valence-corrected chi connectivity index (χ4v) is 5.30. The van der Waals surface area contributed by atoms with Crippen molar-refractivity contribution in [3.05, 3.63) is 70.2 Å². The topological polar surface area (TPSA) is 35.2 Å². The van der Waals surface area contributed by atoms with Gasteiger partial charge in [-0.15, -0.1) is 0 Å². The Morgan fingerprint density at radius 2 is 1.68 bits per heavy atom. The molecule has 4 rings (SSSR count). The largest absolute Gasteiger partial charge is 0.368 e. The molecular weight excluding hydrogens is 438 g/mol. The summed E-state index contributed by atoms with van der Waals surface area (Å²) in [6, 6.07) is 16.9. The van der Waals surface area contributed by atoms with Crippen LogP contribution in [0.25, 0.3) is 21.9 Å². The molecule has 0 aromatic heterocycles. The van der Waals surface area contributed by atoms with Crippen molar-refractivity contribution in [3.8, 4) is 23.0 Å². The molecule has 0 heterocycles. The molecule has 1 unspecified atom stereocenters. The lowest BCUT2D eigenvalue weighted by Crippen LogP contribution is -2.40. The number of hydrogen-bond donors (Lipinski definition) is 1. The zero-order valence-electron chi connectivity index (χ0n) is 21.1. The van der Waals surface area contributed by atoms with Crippen molar-refractivity contribution in [1.29, 1.82) is 0 Å². The Morgan fingerprint density at radius 1 is 1.00 bits per heavy atom. The first-order valence-electron chi connectivity index (χ1n) is 12.4. The average Bonchev–Trinajstić information content (AvgIpc) is 2.77. The molecule has 178 valence electrons. The standard InChI is InChI=1S/C31H36ClNO/c1-21-19-25-10-9-23(15-18-31(33)16-7-6-8-17-31)20-27(25)29(24-11-13-26(32)14-12-24)28(21)22(2)34-30(3,4)5/h9-14,19-20,22H,6-8,16-17,33H2,1-5H3. The van der Waals surface area contributed by atoms with Crippen molar-refractivity contribution in [2.75, 3.05) is 0 Å². The maximum atomic E-state index is 6.59. The highest BCUT2D eigenvalue weighted by atomic mass is 35.5. The van der Waals surface area contributed by atoms with Crippen molar-refractivity contribution >= 4 is 22.4 Å². The third-order valence-electron chi connectivity index (χ3n) is 6.66. The third-order valence-corrected chi connectivity index (χ3v) is 6.91. The van der Waals surface area contributed by atoms with Gasteiger partial charge >= 0.3 is 0 Å². The van der Waals surface area contributed by atoms with Crippen LogP contribution < -0.4 is 5.73 Å². The fraction of sp³-hybridized carbons (Fsp3) is 0.419. The molecule has 3 aromatic carbocycles. The normalized spacial score (nSPS) is 16.7. The van der Waals surface area contributed by atoms with Gasteiger partial charge in [-0.3, -0.25) is 0 Å². The maximum absolute atomic E-state index is 6.59. The van der Waals surface area contributed by atoms with E-state index in [-0.39, 0.29) is 17.2 Å². The quantitative estimate of drug-likeness (QED) is 0.388. The number of aryl methyl sites for hydroxylation is 1. The van der Waals surface area contributed by atoms with Crippen molar-refractivity contribution in [2.45, 2.75) is 84.0 Å². The summed E-state index contributed by atoms with van der Waals surface area (Å²) in [6.45, 7) is 10.6. The predicted octanol–water partition coefficient (Wildman–Crippen LogP) is 8.36. The summed E-state index contributed by atoms with van der Waals surface area (Å²) in [5, 5.41) is 3.10. The number of nitrogens with two attached hydrogens (primary N) is 1. The first-order chi connectivity index (χ1) is 16.0. The van der Waals surface area contributed by atoms with E-state index in [2.05, 4.69) is 82.9 Å². The molecule has 0 radical (unpaired) electrons. The van der Waals surface area contributed by atoms with E-state index in [9.17, 15) is 0 Å². The molecule has 0 spiro atoms. The highest BCUT2D eigenvalue weighted by Gasteiger charge is 2.25. The lowest BCUT2D eigenvalue weighted by molar-refractivity contribution is -0.0529. The molecule has 0 aliphatic heterocycles. The molecule has 1 aliphatic rings. The van der Waals surface area contributed by atoms with Gasteiger partial charge in [0.15, 0.2) is 0 Å². The summed E-state index contributed by atoms with van der Waals surface area (Å²) >= 11 is 6.24. The molecule has 3 heteroatoms. The molecule has 1 fully saturated rings. The molecule has 0 saturated heterocycles. The van der Waals surface area contributed by atoms with Gasteiger partial charge in [0.1, 0.15) is 0 Å². The van der Waals surface area contributed by atoms with Crippen LogP contribution in [0.3, 0.4) is 0 Å². The third kappa shape index (κ3) is 5.66. The zero-order valence-corrected chi connectivity index (χ0v) is 21.9. The number of ether oxygens (including phenoxy) is 1. The first-order valence-corrected chi connectivity index (χ1v) is 12.8. The summed E-state index contributed by atoms with van der Waals surface area (Å²) in [7, 11) is 0. The lowest BCUT2D eigenvalue weighted by atomic mass is 9.83. The van der Waals surface area contributed by atoms with Crippen LogP contribution in [-0.2, 0) is 4.74 Å². The minimum Gasteiger partial charge on any atom is -0.368 e. The van der Waals surface area contributed by atoms with Gasteiger partial charge in [0.2, 0.25) is 0 Å². The van der Waals surface area contributed by atoms with Crippen LogP contribution in [-0.4, -0.2) is 11.1 Å². The first kappa shape index (κ1) is 24.8. The van der Waals surface area contributed by atoms with Crippen molar-refractivity contribution in [2.24, 2.45) is 5.73 Å². The summed E-state index contributed by atoms with van der Waals surface area (Å²) in [6.07, 6.45) is 5.48. The molecule has 1 saturated carbocycles. The average molecular weight is 474 g/mol. The number of fused-ring (bicyclic) bond motifs is 1. The van der Waals surface area contributed by atoms with Crippen molar-refractivity contribution < 1.29 is 4.74 Å². The minimum absolute atomic E-state index is 0.0700. The minimum atomic E-state index is -0.361. The van der Waals surface area contributed by atoms with Crippen molar-refractivity contribution in [3.63, 3.8) is 0 Å². The summed E-state index contributed by atoms with van der Waals surface area (Å²) in [5.74, 6) is 6.82. The second-order valence-electron chi connectivity index (χ2n) is 10.8. The van der Waals surface area contributed by atoms with Gasteiger partial charge in [0, 0.05) is 10.6 Å². The Labute approximate surface area is 209 Å². The van der Waals surface area contributed by atoms with Gasteiger partial charge in [-0.2, -0.15) is 0 Å². The second kappa shape index (κ2) is 9.74. The molecule has 1 atom stereocenters. The Morgan fingerprint density at radius 3 is 2.32 bits per heavy atom. The van der Waals surface area contributed by atoms with Crippen LogP contribution in [0.1, 0.15) is 82.6 Å². The van der Waals surface area contributed by atoms with Crippen LogP contribution in [0.2, 0.25) is 5.02 Å². The van der Waals surface area contributed by atoms with E-state index >= 15 is 0 Å². The van der Waals surface area contributed by atoms with Gasteiger partial charge in [-0.25, -0.2) is 0 Å². The predicted molar refractivity (Wildman–Crippen MR) is 145 cm³/mol. The fourth-order valence-electron chi connectivity index (χ4n) is 5.17. The van der Waals surface area contributed by atoms with Crippen LogP contribution >= 0.6 is 11.6 Å². The molecule has 1 aliphatic carbocycles. The Bertz CT molecular complexity index is 1230. The van der Waals surface area contributed by atoms with Gasteiger partial charge < -0.3 is 10.5 Å². The Hall–Kier alpha value is -2.31. The van der Waals surface area contributed by atoms with Crippen LogP contribution in [0.15, 0.2) is 48.5 Å². The maximum Gasteiger partial charge on any atom is 0.0812 e. The van der Waals surface area contributed by atoms with Gasteiger partial charge in [-0.05, 0) is 105 Å². The zero-order chi connectivity index (χ0) is 24.5. The van der Waals surface area contributed by atoms with E-state index < -0.39 is 0 Å². The van der Waals surface area contributed by atoms with E-state index in [1.165, 1.54) is 33.9 Å². The van der Waals surface area contributed by atoms with E-state index in [0.717, 1.165) is 41.8 Å². The van der Waals surface area contributed by atoms with Gasteiger partial charge in [0.05, 0.1) is 17.2 Å². The molecule has 2 N–H and O–H groups in total. The molecule has 0 amide bonds. The van der Waals surface area contributed by atoms with E-state index in [1.54, 1.807) is 0 Å². The molecule has 0 bridgehead atoms. The highest BCUT2D eigenvalue weighted by molar-refractivity contribution is 6.30. The van der Waals surface area contributed by atoms with Crippen molar-refractivity contribution in [1.82, 2.24) is 0 Å². The van der Waals surface area contributed by atoms with Crippen LogP contribution in [0, 0.1) is 18.8 Å². The number of rotatable bonds is 3. The second-order valence-corrected chi connectivity index (χ2v) is 11.2. The SMILES string of the molecule is Cc1cc2ccc(C#CC3(N)CCCCC3)cc2c(-c2ccc(Cl)cc2)c1C(C)OC(C)(C)C. The summed E-state index contributed by atoms with van der Waals surface area (Å²) < 4.78 is 6.44. The number of hydrogen-bond acceptors (Lipinski definition) is 2. The summed E-state index contributed by atoms with van der Waals surface area (Å²) in [4.78, 5) is 0. The Kier molecular flexibility index (Phi) is 7.11. The summed E-state index contributed by atoms with van der Waals surface area (Å²) in [5.41, 5.74) is 11.7. The van der Waals surface area contributed by atoms with Crippen LogP contribution in [0.5, 0.6) is 0 Å². The molecule has 3 aromatic rings. The van der Waals surface area contributed by atoms with E-state index in [4.69, 9.17) is 22.1 Å².